The van der Waals surface area contributed by atoms with Gasteiger partial charge in [0.2, 0.25) is 0 Å². The SMILES string of the molecule is O=C(c1ccc(Cl)cc1Cl)N(Cc1ccccc1)Cc1cccn1Cc1ccccc1Cl. The molecule has 0 saturated carbocycles. The van der Waals surface area contributed by atoms with E-state index in [1.165, 1.54) is 0 Å². The summed E-state index contributed by atoms with van der Waals surface area (Å²) >= 11 is 18.8. The van der Waals surface area contributed by atoms with Crippen LogP contribution in [0.3, 0.4) is 0 Å². The van der Waals surface area contributed by atoms with E-state index in [2.05, 4.69) is 4.57 Å². The number of benzene rings is 3. The average Bonchev–Trinajstić information content (AvgIpc) is 3.22. The molecule has 3 aromatic carbocycles. The first-order valence-electron chi connectivity index (χ1n) is 10.2. The van der Waals surface area contributed by atoms with Crippen LogP contribution in [0.5, 0.6) is 0 Å². The Morgan fingerprint density at radius 1 is 0.781 bits per heavy atom. The molecule has 6 heteroatoms. The van der Waals surface area contributed by atoms with Gasteiger partial charge >= 0.3 is 0 Å². The van der Waals surface area contributed by atoms with E-state index in [1.54, 1.807) is 23.1 Å². The molecule has 0 unspecified atom stereocenters. The second-order valence-electron chi connectivity index (χ2n) is 7.49. The molecule has 3 nitrogen and oxygen atoms in total. The second kappa shape index (κ2) is 10.3. The number of hydrogen-bond donors (Lipinski definition) is 0. The van der Waals surface area contributed by atoms with Crippen molar-refractivity contribution in [2.24, 2.45) is 0 Å². The third-order valence-electron chi connectivity index (χ3n) is 5.24. The van der Waals surface area contributed by atoms with Gasteiger partial charge in [-0.05, 0) is 47.5 Å². The van der Waals surface area contributed by atoms with Crippen LogP contribution >= 0.6 is 34.8 Å². The molecule has 1 amide bonds. The van der Waals surface area contributed by atoms with Gasteiger partial charge in [0.1, 0.15) is 0 Å². The fourth-order valence-corrected chi connectivity index (χ4v) is 4.27. The van der Waals surface area contributed by atoms with Gasteiger partial charge in [-0.25, -0.2) is 0 Å². The summed E-state index contributed by atoms with van der Waals surface area (Å²) in [6.45, 7) is 1.50. The van der Waals surface area contributed by atoms with E-state index in [9.17, 15) is 4.79 Å². The maximum atomic E-state index is 13.5. The molecule has 0 spiro atoms. The number of nitrogens with zero attached hydrogens (tertiary/aromatic N) is 2. The zero-order chi connectivity index (χ0) is 22.5. The van der Waals surface area contributed by atoms with Crippen molar-refractivity contribution in [3.8, 4) is 0 Å². The van der Waals surface area contributed by atoms with Gasteiger partial charge in [-0.2, -0.15) is 0 Å². The summed E-state index contributed by atoms with van der Waals surface area (Å²) in [4.78, 5) is 15.3. The number of carbonyl (C=O) groups excluding carboxylic acids is 1. The molecule has 162 valence electrons. The Balaban J connectivity index is 1.63. The number of amides is 1. The van der Waals surface area contributed by atoms with E-state index >= 15 is 0 Å². The first kappa shape index (κ1) is 22.5. The van der Waals surface area contributed by atoms with Gasteiger partial charge in [-0.1, -0.05) is 83.3 Å². The first-order chi connectivity index (χ1) is 15.5. The zero-order valence-electron chi connectivity index (χ0n) is 17.2. The van der Waals surface area contributed by atoms with Crippen molar-refractivity contribution in [1.29, 1.82) is 0 Å². The lowest BCUT2D eigenvalue weighted by molar-refractivity contribution is 0.0726. The molecule has 1 heterocycles. The van der Waals surface area contributed by atoms with Gasteiger partial charge in [-0.15, -0.1) is 0 Å². The number of hydrogen-bond acceptors (Lipinski definition) is 1. The minimum absolute atomic E-state index is 0.152. The van der Waals surface area contributed by atoms with Crippen molar-refractivity contribution < 1.29 is 4.79 Å². The highest BCUT2D eigenvalue weighted by Gasteiger charge is 2.21. The zero-order valence-corrected chi connectivity index (χ0v) is 19.5. The molecule has 0 N–H and O–H groups in total. The van der Waals surface area contributed by atoms with Crippen molar-refractivity contribution in [3.05, 3.63) is 129 Å². The van der Waals surface area contributed by atoms with Crippen LogP contribution in [-0.2, 0) is 19.6 Å². The van der Waals surface area contributed by atoms with Crippen molar-refractivity contribution in [2.75, 3.05) is 0 Å². The molecule has 0 aliphatic heterocycles. The highest BCUT2D eigenvalue weighted by molar-refractivity contribution is 6.36. The van der Waals surface area contributed by atoms with Crippen LogP contribution in [0.2, 0.25) is 15.1 Å². The molecular weight excluding hydrogens is 463 g/mol. The Labute approximate surface area is 202 Å². The largest absolute Gasteiger partial charge is 0.345 e. The Morgan fingerprint density at radius 3 is 2.28 bits per heavy atom. The van der Waals surface area contributed by atoms with Gasteiger partial charge in [0.25, 0.3) is 5.91 Å². The fraction of sp³-hybridized carbons (Fsp3) is 0.115. The molecular formula is C26H21Cl3N2O. The van der Waals surface area contributed by atoms with Crippen molar-refractivity contribution in [3.63, 3.8) is 0 Å². The van der Waals surface area contributed by atoms with Crippen molar-refractivity contribution in [1.82, 2.24) is 9.47 Å². The Hall–Kier alpha value is -2.72. The maximum absolute atomic E-state index is 13.5. The lowest BCUT2D eigenvalue weighted by atomic mass is 10.1. The van der Waals surface area contributed by atoms with Crippen LogP contribution in [0.4, 0.5) is 0 Å². The lowest BCUT2D eigenvalue weighted by Crippen LogP contribution is -2.31. The summed E-state index contributed by atoms with van der Waals surface area (Å²) in [5.74, 6) is -0.152. The molecule has 32 heavy (non-hydrogen) atoms. The first-order valence-corrected chi connectivity index (χ1v) is 11.3. The molecule has 0 aliphatic carbocycles. The number of rotatable bonds is 7. The number of carbonyl (C=O) groups is 1. The highest BCUT2D eigenvalue weighted by Crippen LogP contribution is 2.25. The van der Waals surface area contributed by atoms with Crippen LogP contribution in [0.25, 0.3) is 0 Å². The molecule has 0 aliphatic rings. The average molecular weight is 484 g/mol. The highest BCUT2D eigenvalue weighted by atomic mass is 35.5. The second-order valence-corrected chi connectivity index (χ2v) is 8.74. The minimum atomic E-state index is -0.152. The summed E-state index contributed by atoms with van der Waals surface area (Å²) in [5, 5.41) is 1.55. The van der Waals surface area contributed by atoms with Crippen LogP contribution in [0, 0.1) is 0 Å². The summed E-state index contributed by atoms with van der Waals surface area (Å²) in [7, 11) is 0. The quantitative estimate of drug-likeness (QED) is 0.270. The van der Waals surface area contributed by atoms with E-state index in [1.807, 2.05) is 72.9 Å². The van der Waals surface area contributed by atoms with Crippen LogP contribution in [0.15, 0.2) is 91.1 Å². The van der Waals surface area contributed by atoms with Crippen molar-refractivity contribution in [2.45, 2.75) is 19.6 Å². The number of halogens is 3. The molecule has 4 rings (SSSR count). The summed E-state index contributed by atoms with van der Waals surface area (Å²) < 4.78 is 2.11. The summed E-state index contributed by atoms with van der Waals surface area (Å²) in [5.41, 5.74) is 3.49. The van der Waals surface area contributed by atoms with Gasteiger partial charge in [0.05, 0.1) is 17.1 Å². The molecule has 0 fully saturated rings. The Morgan fingerprint density at radius 2 is 1.53 bits per heavy atom. The Bertz CT molecular complexity index is 1220. The molecule has 4 aromatic rings. The third kappa shape index (κ3) is 5.36. The van der Waals surface area contributed by atoms with Gasteiger partial charge < -0.3 is 9.47 Å². The molecule has 0 radical (unpaired) electrons. The van der Waals surface area contributed by atoms with E-state index in [0.29, 0.717) is 35.2 Å². The van der Waals surface area contributed by atoms with Crippen LogP contribution in [-0.4, -0.2) is 15.4 Å². The lowest BCUT2D eigenvalue weighted by Gasteiger charge is -2.24. The number of aromatic nitrogens is 1. The smallest absolute Gasteiger partial charge is 0.256 e. The van der Waals surface area contributed by atoms with Crippen molar-refractivity contribution >= 4 is 40.7 Å². The fourth-order valence-electron chi connectivity index (χ4n) is 3.59. The van der Waals surface area contributed by atoms with E-state index < -0.39 is 0 Å². The molecule has 0 bridgehead atoms. The predicted molar refractivity (Wildman–Crippen MR) is 131 cm³/mol. The Kier molecular flexibility index (Phi) is 7.21. The maximum Gasteiger partial charge on any atom is 0.256 e. The van der Waals surface area contributed by atoms with E-state index in [-0.39, 0.29) is 5.91 Å². The van der Waals surface area contributed by atoms with Gasteiger partial charge in [0, 0.05) is 35.0 Å². The minimum Gasteiger partial charge on any atom is -0.345 e. The normalized spacial score (nSPS) is 10.8. The van der Waals surface area contributed by atoms with E-state index in [0.717, 1.165) is 21.8 Å². The summed E-state index contributed by atoms with van der Waals surface area (Å²) in [6, 6.07) is 26.6. The molecule has 1 aromatic heterocycles. The van der Waals surface area contributed by atoms with E-state index in [4.69, 9.17) is 34.8 Å². The van der Waals surface area contributed by atoms with Crippen LogP contribution in [0.1, 0.15) is 27.2 Å². The molecule has 0 atom stereocenters. The standard InChI is InChI=1S/C26H21Cl3N2O/c27-21-12-13-23(25(29)15-21)26(32)31(16-19-7-2-1-3-8-19)18-22-10-6-14-30(22)17-20-9-4-5-11-24(20)28/h1-15H,16-18H2. The summed E-state index contributed by atoms with van der Waals surface area (Å²) in [6.07, 6.45) is 2.00. The monoisotopic (exact) mass is 482 g/mol. The third-order valence-corrected chi connectivity index (χ3v) is 6.16. The topological polar surface area (TPSA) is 25.2 Å². The van der Waals surface area contributed by atoms with Gasteiger partial charge in [0.15, 0.2) is 0 Å². The predicted octanol–water partition coefficient (Wildman–Crippen LogP) is 7.34. The van der Waals surface area contributed by atoms with Crippen LogP contribution < -0.4 is 0 Å². The molecule has 0 saturated heterocycles. The van der Waals surface area contributed by atoms with Gasteiger partial charge in [-0.3, -0.25) is 4.79 Å².